The molecule has 0 unspecified atom stereocenters. The number of rotatable bonds is 5. The van der Waals surface area contributed by atoms with Gasteiger partial charge in [-0.25, -0.2) is 9.37 Å². The summed E-state index contributed by atoms with van der Waals surface area (Å²) in [6, 6.07) is 10.9. The largest absolute Gasteiger partial charge is 0.480 e. The van der Waals surface area contributed by atoms with Gasteiger partial charge in [0.15, 0.2) is 0 Å². The van der Waals surface area contributed by atoms with Gasteiger partial charge in [0.2, 0.25) is 11.7 Å². The summed E-state index contributed by atoms with van der Waals surface area (Å²) in [5.41, 5.74) is 0.343. The first-order valence-electron chi connectivity index (χ1n) is 9.38. The van der Waals surface area contributed by atoms with Gasteiger partial charge in [0.25, 0.3) is 0 Å². The highest BCUT2D eigenvalue weighted by atomic mass is 32.2. The van der Waals surface area contributed by atoms with Crippen molar-refractivity contribution in [1.29, 1.82) is 10.8 Å². The summed E-state index contributed by atoms with van der Waals surface area (Å²) in [6.07, 6.45) is 1.56. The smallest absolute Gasteiger partial charge is 0.237 e. The van der Waals surface area contributed by atoms with Gasteiger partial charge in [-0.15, -0.1) is 0 Å². The Hall–Kier alpha value is -3.68. The Kier molecular flexibility index (Phi) is 6.92. The van der Waals surface area contributed by atoms with Crippen LogP contribution in [0.2, 0.25) is 0 Å². The first kappa shape index (κ1) is 23.0. The summed E-state index contributed by atoms with van der Waals surface area (Å²) in [4.78, 5) is 5.09. The summed E-state index contributed by atoms with van der Waals surface area (Å²) in [5.74, 6) is 4.85. The van der Waals surface area contributed by atoms with Crippen LogP contribution < -0.4 is 14.9 Å². The summed E-state index contributed by atoms with van der Waals surface area (Å²) in [5, 5.41) is 30.2. The van der Waals surface area contributed by atoms with Gasteiger partial charge in [0.05, 0.1) is 12.8 Å². The third kappa shape index (κ3) is 5.94. The molecule has 0 aliphatic carbocycles. The van der Waals surface area contributed by atoms with Crippen molar-refractivity contribution in [3.05, 3.63) is 60.0 Å². The van der Waals surface area contributed by atoms with Gasteiger partial charge in [0.1, 0.15) is 22.6 Å². The van der Waals surface area contributed by atoms with Crippen LogP contribution >= 0.6 is 11.9 Å². The number of nitrogens with one attached hydrogen (secondary N) is 3. The van der Waals surface area contributed by atoms with E-state index in [0.717, 1.165) is 9.58 Å². The van der Waals surface area contributed by atoms with Gasteiger partial charge in [-0.05, 0) is 74.2 Å². The third-order valence-corrected chi connectivity index (χ3v) is 4.80. The standard InChI is InChI=1S/C22H21FN6O2S/c1-22(2,30)11-10-20(25)29-19(24)9-8-17(27-29)14-12-18(21(31-3)26-13-14)28-32-16-6-4-15(23)5-7-16/h4-9,12-13,24-25,28,30H,1-3H3. The zero-order valence-corrected chi connectivity index (χ0v) is 18.4. The molecule has 0 aliphatic rings. The summed E-state index contributed by atoms with van der Waals surface area (Å²) >= 11 is 1.27. The molecular weight excluding hydrogens is 431 g/mol. The number of pyridine rings is 1. The second kappa shape index (κ2) is 9.64. The molecule has 2 aromatic heterocycles. The maximum atomic E-state index is 13.1. The molecule has 4 N–H and O–H groups in total. The molecule has 8 nitrogen and oxygen atoms in total. The van der Waals surface area contributed by atoms with E-state index in [9.17, 15) is 9.50 Å². The normalized spacial score (nSPS) is 10.8. The third-order valence-electron chi connectivity index (χ3n) is 3.97. The molecular formula is C22H21FN6O2S. The number of benzene rings is 1. The van der Waals surface area contributed by atoms with Gasteiger partial charge in [-0.2, -0.15) is 9.78 Å². The fraction of sp³-hybridized carbons (Fsp3) is 0.182. The molecule has 164 valence electrons. The highest BCUT2D eigenvalue weighted by molar-refractivity contribution is 8.00. The zero-order chi connectivity index (χ0) is 23.3. The van der Waals surface area contributed by atoms with Crippen LogP contribution in [0.1, 0.15) is 13.8 Å². The highest BCUT2D eigenvalue weighted by Gasteiger charge is 2.12. The maximum Gasteiger partial charge on any atom is 0.237 e. The van der Waals surface area contributed by atoms with E-state index in [-0.39, 0.29) is 17.1 Å². The number of aliphatic hydroxyl groups is 1. The molecule has 0 fully saturated rings. The molecule has 3 aromatic rings. The van der Waals surface area contributed by atoms with E-state index in [2.05, 4.69) is 26.6 Å². The van der Waals surface area contributed by atoms with Gasteiger partial charge in [0, 0.05) is 16.7 Å². The second-order valence-electron chi connectivity index (χ2n) is 7.11. The van der Waals surface area contributed by atoms with Crippen LogP contribution in [-0.2, 0) is 0 Å². The fourth-order valence-corrected chi connectivity index (χ4v) is 3.10. The van der Waals surface area contributed by atoms with Crippen molar-refractivity contribution in [1.82, 2.24) is 14.8 Å². The molecule has 3 rings (SSSR count). The van der Waals surface area contributed by atoms with Crippen LogP contribution in [0, 0.1) is 28.5 Å². The van der Waals surface area contributed by atoms with E-state index < -0.39 is 5.60 Å². The van der Waals surface area contributed by atoms with Crippen LogP contribution in [-0.4, -0.2) is 38.4 Å². The lowest BCUT2D eigenvalue weighted by Gasteiger charge is -2.12. The Balaban J connectivity index is 1.91. The Morgan fingerprint density at radius 3 is 2.62 bits per heavy atom. The number of ether oxygens (including phenoxy) is 1. The predicted molar refractivity (Wildman–Crippen MR) is 121 cm³/mol. The van der Waals surface area contributed by atoms with Crippen LogP contribution in [0.5, 0.6) is 5.88 Å². The molecule has 0 spiro atoms. The van der Waals surface area contributed by atoms with E-state index in [0.29, 0.717) is 22.8 Å². The van der Waals surface area contributed by atoms with Crippen molar-refractivity contribution < 1.29 is 14.2 Å². The van der Waals surface area contributed by atoms with Crippen LogP contribution in [0.25, 0.3) is 11.3 Å². The number of methoxy groups -OCH3 is 1. The fourth-order valence-electron chi connectivity index (χ4n) is 2.46. The summed E-state index contributed by atoms with van der Waals surface area (Å²) < 4.78 is 22.6. The van der Waals surface area contributed by atoms with Crippen molar-refractivity contribution in [2.24, 2.45) is 0 Å². The maximum absolute atomic E-state index is 13.1. The number of nitrogens with zero attached hydrogens (tertiary/aromatic N) is 3. The first-order chi connectivity index (χ1) is 15.2. The second-order valence-corrected chi connectivity index (χ2v) is 7.99. The number of hydrogen-bond donors (Lipinski definition) is 4. The lowest BCUT2D eigenvalue weighted by Crippen LogP contribution is -2.28. The summed E-state index contributed by atoms with van der Waals surface area (Å²) in [6.45, 7) is 3.01. The van der Waals surface area contributed by atoms with Gasteiger partial charge >= 0.3 is 0 Å². The average molecular weight is 453 g/mol. The molecule has 0 radical (unpaired) electrons. The van der Waals surface area contributed by atoms with E-state index in [4.69, 9.17) is 15.6 Å². The molecule has 0 saturated heterocycles. The number of hydrogen-bond acceptors (Lipinski definition) is 8. The first-order valence-corrected chi connectivity index (χ1v) is 10.2. The van der Waals surface area contributed by atoms with Gasteiger partial charge < -0.3 is 14.6 Å². The minimum Gasteiger partial charge on any atom is -0.480 e. The van der Waals surface area contributed by atoms with E-state index in [1.54, 1.807) is 30.5 Å². The SMILES string of the molecule is COc1ncc(-c2ccc(=N)n(C(=N)C#CC(C)(C)O)n2)cc1NSc1ccc(F)cc1. The molecule has 32 heavy (non-hydrogen) atoms. The molecule has 0 atom stereocenters. The number of halogens is 1. The molecule has 0 amide bonds. The highest BCUT2D eigenvalue weighted by Crippen LogP contribution is 2.31. The predicted octanol–water partition coefficient (Wildman–Crippen LogP) is 3.29. The van der Waals surface area contributed by atoms with Gasteiger partial charge in [-0.3, -0.25) is 10.8 Å². The van der Waals surface area contributed by atoms with Crippen LogP contribution in [0.3, 0.4) is 0 Å². The lowest BCUT2D eigenvalue weighted by molar-refractivity contribution is 0.143. The molecule has 1 aromatic carbocycles. The average Bonchev–Trinajstić information content (AvgIpc) is 2.76. The Bertz CT molecular complexity index is 1260. The van der Waals surface area contributed by atoms with Crippen molar-refractivity contribution >= 4 is 23.5 Å². The number of aromatic nitrogens is 3. The Morgan fingerprint density at radius 2 is 1.97 bits per heavy atom. The van der Waals surface area contributed by atoms with Crippen LogP contribution in [0.4, 0.5) is 10.1 Å². The van der Waals surface area contributed by atoms with E-state index in [1.165, 1.54) is 51.1 Å². The topological polar surface area (TPSA) is 120 Å². The van der Waals surface area contributed by atoms with Crippen molar-refractivity contribution in [3.8, 4) is 29.0 Å². The minimum absolute atomic E-state index is 0.0320. The monoisotopic (exact) mass is 452 g/mol. The van der Waals surface area contributed by atoms with Crippen molar-refractivity contribution in [2.75, 3.05) is 11.8 Å². The van der Waals surface area contributed by atoms with Crippen LogP contribution in [0.15, 0.2) is 53.6 Å². The Labute approximate surface area is 188 Å². The van der Waals surface area contributed by atoms with E-state index in [1.807, 2.05) is 0 Å². The molecule has 0 saturated carbocycles. The lowest BCUT2D eigenvalue weighted by atomic mass is 10.1. The molecule has 10 heteroatoms. The van der Waals surface area contributed by atoms with Gasteiger partial charge in [-0.1, -0.05) is 5.92 Å². The molecule has 2 heterocycles. The molecule has 0 aliphatic heterocycles. The zero-order valence-electron chi connectivity index (χ0n) is 17.6. The quantitative estimate of drug-likeness (QED) is 0.204. The minimum atomic E-state index is -1.27. The van der Waals surface area contributed by atoms with E-state index >= 15 is 0 Å². The van der Waals surface area contributed by atoms with Crippen molar-refractivity contribution in [3.63, 3.8) is 0 Å². The Morgan fingerprint density at radius 1 is 1.25 bits per heavy atom. The summed E-state index contributed by atoms with van der Waals surface area (Å²) in [7, 11) is 1.50. The number of anilines is 1. The van der Waals surface area contributed by atoms with Crippen molar-refractivity contribution in [2.45, 2.75) is 24.3 Å². The molecule has 0 bridgehead atoms.